The Bertz CT molecular complexity index is 227. The minimum atomic E-state index is 0.0850. The van der Waals surface area contributed by atoms with Gasteiger partial charge < -0.3 is 10.2 Å². The third-order valence-electron chi connectivity index (χ3n) is 3.13. The Labute approximate surface area is 99.6 Å². The third-order valence-corrected chi connectivity index (χ3v) is 3.13. The molecule has 0 saturated heterocycles. The summed E-state index contributed by atoms with van der Waals surface area (Å²) in [4.78, 5) is 13.9. The van der Waals surface area contributed by atoms with Crippen LogP contribution in [-0.4, -0.2) is 30.6 Å². The molecule has 0 atom stereocenters. The summed E-state index contributed by atoms with van der Waals surface area (Å²) >= 11 is 0. The highest BCUT2D eigenvalue weighted by molar-refractivity contribution is 5.74. The van der Waals surface area contributed by atoms with Crippen LogP contribution in [0, 0.1) is 5.41 Å². The van der Waals surface area contributed by atoms with Crippen molar-refractivity contribution in [2.75, 3.05) is 13.6 Å². The Kier molecular flexibility index (Phi) is 4.63. The molecule has 0 unspecified atom stereocenters. The second-order valence-electron chi connectivity index (χ2n) is 6.04. The van der Waals surface area contributed by atoms with Crippen molar-refractivity contribution in [3.05, 3.63) is 0 Å². The van der Waals surface area contributed by atoms with Crippen LogP contribution < -0.4 is 5.32 Å². The van der Waals surface area contributed by atoms with Gasteiger partial charge in [0.2, 0.25) is 0 Å². The molecular formula is C13H26N2O. The zero-order valence-corrected chi connectivity index (χ0v) is 11.2. The largest absolute Gasteiger partial charge is 0.341 e. The number of carbonyl (C=O) groups excluding carboxylic acids is 1. The standard InChI is InChI=1S/C13H26N2O/c1-13(2,3)10-15(12(16)14-4)11-8-6-5-7-9-11/h11H,5-10H2,1-4H3,(H,14,16). The molecule has 1 aliphatic carbocycles. The predicted molar refractivity (Wildman–Crippen MR) is 67.5 cm³/mol. The van der Waals surface area contributed by atoms with Gasteiger partial charge in [-0.05, 0) is 18.3 Å². The Balaban J connectivity index is 2.65. The van der Waals surface area contributed by atoms with Crippen LogP contribution in [0.4, 0.5) is 4.79 Å². The third kappa shape index (κ3) is 4.03. The molecular weight excluding hydrogens is 200 g/mol. The molecule has 2 amide bonds. The Morgan fingerprint density at radius 2 is 1.81 bits per heavy atom. The van der Waals surface area contributed by atoms with Gasteiger partial charge in [-0.3, -0.25) is 0 Å². The molecule has 0 spiro atoms. The van der Waals surface area contributed by atoms with Crippen LogP contribution in [0.2, 0.25) is 0 Å². The van der Waals surface area contributed by atoms with E-state index in [9.17, 15) is 4.79 Å². The van der Waals surface area contributed by atoms with Crippen LogP contribution in [0.1, 0.15) is 52.9 Å². The van der Waals surface area contributed by atoms with Gasteiger partial charge in [0.1, 0.15) is 0 Å². The Morgan fingerprint density at radius 3 is 2.25 bits per heavy atom. The van der Waals surface area contributed by atoms with Crippen LogP contribution in [0.5, 0.6) is 0 Å². The van der Waals surface area contributed by atoms with E-state index in [1.165, 1.54) is 32.1 Å². The van der Waals surface area contributed by atoms with E-state index in [1.54, 1.807) is 7.05 Å². The Hall–Kier alpha value is -0.730. The molecule has 94 valence electrons. The quantitative estimate of drug-likeness (QED) is 0.771. The maximum absolute atomic E-state index is 11.9. The van der Waals surface area contributed by atoms with E-state index < -0.39 is 0 Å². The van der Waals surface area contributed by atoms with Gasteiger partial charge in [-0.1, -0.05) is 40.0 Å². The van der Waals surface area contributed by atoms with E-state index in [0.717, 1.165) is 6.54 Å². The molecule has 1 rings (SSSR count). The molecule has 1 aliphatic rings. The summed E-state index contributed by atoms with van der Waals surface area (Å²) < 4.78 is 0. The summed E-state index contributed by atoms with van der Waals surface area (Å²) in [6.45, 7) is 7.40. The SMILES string of the molecule is CNC(=O)N(CC(C)(C)C)C1CCCCC1. The van der Waals surface area contributed by atoms with Crippen molar-refractivity contribution >= 4 is 6.03 Å². The second-order valence-corrected chi connectivity index (χ2v) is 6.04. The van der Waals surface area contributed by atoms with Gasteiger partial charge >= 0.3 is 6.03 Å². The lowest BCUT2D eigenvalue weighted by Gasteiger charge is -2.38. The fraction of sp³-hybridized carbons (Fsp3) is 0.923. The highest BCUT2D eigenvalue weighted by Gasteiger charge is 2.28. The van der Waals surface area contributed by atoms with Gasteiger partial charge in [-0.15, -0.1) is 0 Å². The average molecular weight is 226 g/mol. The lowest BCUT2D eigenvalue weighted by atomic mass is 9.90. The maximum Gasteiger partial charge on any atom is 0.317 e. The first kappa shape index (κ1) is 13.3. The maximum atomic E-state index is 11.9. The first-order valence-corrected chi connectivity index (χ1v) is 6.42. The number of hydrogen-bond acceptors (Lipinski definition) is 1. The van der Waals surface area contributed by atoms with E-state index in [2.05, 4.69) is 26.1 Å². The zero-order valence-electron chi connectivity index (χ0n) is 11.2. The van der Waals surface area contributed by atoms with Crippen LogP contribution in [0.25, 0.3) is 0 Å². The van der Waals surface area contributed by atoms with Crippen molar-refractivity contribution < 1.29 is 4.79 Å². The minimum absolute atomic E-state index is 0.0850. The molecule has 0 aromatic rings. The van der Waals surface area contributed by atoms with Gasteiger partial charge in [0.05, 0.1) is 0 Å². The van der Waals surface area contributed by atoms with Gasteiger partial charge in [0.25, 0.3) is 0 Å². The van der Waals surface area contributed by atoms with Crippen molar-refractivity contribution in [3.63, 3.8) is 0 Å². The molecule has 1 saturated carbocycles. The van der Waals surface area contributed by atoms with Crippen LogP contribution in [0.15, 0.2) is 0 Å². The zero-order chi connectivity index (χ0) is 12.2. The molecule has 0 aliphatic heterocycles. The number of carbonyl (C=O) groups is 1. The number of rotatable bonds is 2. The Morgan fingerprint density at radius 1 is 1.25 bits per heavy atom. The number of amides is 2. The first-order chi connectivity index (χ1) is 7.44. The monoisotopic (exact) mass is 226 g/mol. The number of urea groups is 1. The molecule has 0 aromatic carbocycles. The normalized spacial score (nSPS) is 18.2. The van der Waals surface area contributed by atoms with Crippen molar-refractivity contribution in [2.24, 2.45) is 5.41 Å². The summed E-state index contributed by atoms with van der Waals surface area (Å²) in [7, 11) is 1.72. The molecule has 0 heterocycles. The predicted octanol–water partition coefficient (Wildman–Crippen LogP) is 3.01. The first-order valence-electron chi connectivity index (χ1n) is 6.42. The lowest BCUT2D eigenvalue weighted by molar-refractivity contribution is 0.128. The van der Waals surface area contributed by atoms with E-state index in [-0.39, 0.29) is 11.4 Å². The fourth-order valence-electron chi connectivity index (χ4n) is 2.41. The van der Waals surface area contributed by atoms with Crippen molar-refractivity contribution in [1.82, 2.24) is 10.2 Å². The second kappa shape index (κ2) is 5.55. The molecule has 0 radical (unpaired) electrons. The molecule has 3 nitrogen and oxygen atoms in total. The fourth-order valence-corrected chi connectivity index (χ4v) is 2.41. The number of nitrogens with one attached hydrogen (secondary N) is 1. The average Bonchev–Trinajstić information content (AvgIpc) is 2.25. The molecule has 3 heteroatoms. The van der Waals surface area contributed by atoms with Gasteiger partial charge in [0, 0.05) is 19.6 Å². The molecule has 0 bridgehead atoms. The highest BCUT2D eigenvalue weighted by Crippen LogP contribution is 2.26. The molecule has 1 fully saturated rings. The summed E-state index contributed by atoms with van der Waals surface area (Å²) in [5, 5.41) is 2.77. The topological polar surface area (TPSA) is 32.3 Å². The number of nitrogens with zero attached hydrogens (tertiary/aromatic N) is 1. The van der Waals surface area contributed by atoms with Crippen molar-refractivity contribution in [2.45, 2.75) is 58.9 Å². The lowest BCUT2D eigenvalue weighted by Crippen LogP contribution is -2.49. The van der Waals surface area contributed by atoms with Crippen LogP contribution in [-0.2, 0) is 0 Å². The van der Waals surface area contributed by atoms with E-state index in [0.29, 0.717) is 6.04 Å². The van der Waals surface area contributed by atoms with Gasteiger partial charge in [-0.2, -0.15) is 0 Å². The summed E-state index contributed by atoms with van der Waals surface area (Å²) in [6, 6.07) is 0.537. The van der Waals surface area contributed by atoms with Gasteiger partial charge in [0.15, 0.2) is 0 Å². The smallest absolute Gasteiger partial charge is 0.317 e. The van der Waals surface area contributed by atoms with Crippen molar-refractivity contribution in [3.8, 4) is 0 Å². The van der Waals surface area contributed by atoms with Gasteiger partial charge in [-0.25, -0.2) is 4.79 Å². The van der Waals surface area contributed by atoms with Crippen LogP contribution >= 0.6 is 0 Å². The molecule has 1 N–H and O–H groups in total. The molecule has 16 heavy (non-hydrogen) atoms. The number of hydrogen-bond donors (Lipinski definition) is 1. The summed E-state index contributed by atoms with van der Waals surface area (Å²) in [5.41, 5.74) is 0.171. The van der Waals surface area contributed by atoms with Crippen molar-refractivity contribution in [1.29, 1.82) is 0 Å². The minimum Gasteiger partial charge on any atom is -0.341 e. The van der Waals surface area contributed by atoms with E-state index in [4.69, 9.17) is 0 Å². The summed E-state index contributed by atoms with van der Waals surface area (Å²) in [6.07, 6.45) is 6.20. The van der Waals surface area contributed by atoms with Crippen LogP contribution in [0.3, 0.4) is 0 Å². The van der Waals surface area contributed by atoms with E-state index >= 15 is 0 Å². The van der Waals surface area contributed by atoms with E-state index in [1.807, 2.05) is 4.90 Å². The highest BCUT2D eigenvalue weighted by atomic mass is 16.2. The molecule has 0 aromatic heterocycles. The summed E-state index contributed by atoms with van der Waals surface area (Å²) in [5.74, 6) is 0.